The van der Waals surface area contributed by atoms with Gasteiger partial charge in [0.15, 0.2) is 0 Å². The number of hydrogen-bond donors (Lipinski definition) is 1. The van der Waals surface area contributed by atoms with Crippen LogP contribution in [0.2, 0.25) is 0 Å². The van der Waals surface area contributed by atoms with E-state index in [1.54, 1.807) is 0 Å². The smallest absolute Gasteiger partial charge is 0.0827 e. The van der Waals surface area contributed by atoms with Crippen molar-refractivity contribution in [3.05, 3.63) is 11.4 Å². The Labute approximate surface area is 115 Å². The summed E-state index contributed by atoms with van der Waals surface area (Å²) >= 11 is 0. The number of nitrogens with zero attached hydrogens (tertiary/aromatic N) is 2. The lowest BCUT2D eigenvalue weighted by molar-refractivity contribution is 0.243. The molecule has 0 spiro atoms. The van der Waals surface area contributed by atoms with Crippen LogP contribution >= 0.6 is 0 Å². The first-order valence-corrected chi connectivity index (χ1v) is 7.92. The van der Waals surface area contributed by atoms with Crippen LogP contribution in [0.3, 0.4) is 0 Å². The lowest BCUT2D eigenvalue weighted by atomic mass is 9.79. The number of fused-ring (bicyclic) bond motifs is 5. The minimum atomic E-state index is 0.714. The highest BCUT2D eigenvalue weighted by Gasteiger charge is 2.53. The summed E-state index contributed by atoms with van der Waals surface area (Å²) < 4.78 is 2.00. The predicted molar refractivity (Wildman–Crippen MR) is 77.1 cm³/mol. The van der Waals surface area contributed by atoms with Crippen molar-refractivity contribution in [3.63, 3.8) is 0 Å². The highest BCUT2D eigenvalue weighted by atomic mass is 15.3. The van der Waals surface area contributed by atoms with Crippen molar-refractivity contribution in [2.75, 3.05) is 5.32 Å². The fourth-order valence-electron chi connectivity index (χ4n) is 5.40. The van der Waals surface area contributed by atoms with E-state index in [4.69, 9.17) is 0 Å². The Morgan fingerprint density at radius 1 is 1.11 bits per heavy atom. The molecule has 1 aromatic rings. The molecule has 1 N–H and O–H groups in total. The van der Waals surface area contributed by atoms with Gasteiger partial charge in [-0.05, 0) is 63.2 Å². The van der Waals surface area contributed by atoms with Gasteiger partial charge in [0.05, 0.1) is 17.1 Å². The Morgan fingerprint density at radius 2 is 1.89 bits per heavy atom. The third kappa shape index (κ3) is 1.60. The first-order chi connectivity index (χ1) is 9.15. The second kappa shape index (κ2) is 4.00. The number of hydrogen-bond acceptors (Lipinski definition) is 2. The largest absolute Gasteiger partial charge is 0.379 e. The average molecular weight is 259 g/mol. The molecule has 3 saturated carbocycles. The van der Waals surface area contributed by atoms with Gasteiger partial charge in [-0.15, -0.1) is 0 Å². The summed E-state index contributed by atoms with van der Waals surface area (Å²) in [6.07, 6.45) is 7.39. The predicted octanol–water partition coefficient (Wildman–Crippen LogP) is 3.27. The average Bonchev–Trinajstić information content (AvgIpc) is 3.08. The van der Waals surface area contributed by atoms with Crippen LogP contribution in [0.15, 0.2) is 0 Å². The highest BCUT2D eigenvalue weighted by molar-refractivity contribution is 5.53. The maximum atomic E-state index is 4.54. The van der Waals surface area contributed by atoms with E-state index in [1.165, 1.54) is 43.5 Å². The molecule has 0 amide bonds. The first-order valence-electron chi connectivity index (χ1n) is 7.92. The monoisotopic (exact) mass is 259 g/mol. The topological polar surface area (TPSA) is 29.9 Å². The summed E-state index contributed by atoms with van der Waals surface area (Å²) in [6, 6.07) is 0.714. The maximum Gasteiger partial charge on any atom is 0.0827 e. The summed E-state index contributed by atoms with van der Waals surface area (Å²) in [5, 5.41) is 8.39. The molecular weight excluding hydrogens is 234 g/mol. The molecule has 1 aromatic heterocycles. The molecule has 3 aliphatic rings. The van der Waals surface area contributed by atoms with Gasteiger partial charge >= 0.3 is 0 Å². The Hall–Kier alpha value is -0.990. The fraction of sp³-hybridized carbons (Fsp3) is 0.812. The summed E-state index contributed by atoms with van der Waals surface area (Å²) in [6.45, 7) is 4.30. The molecular formula is C16H25N3. The molecule has 0 radical (unpaired) electrons. The minimum Gasteiger partial charge on any atom is -0.379 e. The molecule has 3 aliphatic carbocycles. The molecule has 3 nitrogen and oxygen atoms in total. The van der Waals surface area contributed by atoms with Gasteiger partial charge in [0, 0.05) is 13.1 Å². The van der Waals surface area contributed by atoms with Crippen molar-refractivity contribution >= 4 is 5.69 Å². The molecule has 104 valence electrons. The SMILES string of the molecule is Cc1nn(C)c(C)c1NC1CC2CC1C1CCCC21. The molecule has 2 bridgehead atoms. The molecule has 0 aromatic carbocycles. The molecule has 0 aliphatic heterocycles. The molecule has 4 rings (SSSR count). The van der Waals surface area contributed by atoms with Crippen LogP contribution < -0.4 is 5.32 Å². The van der Waals surface area contributed by atoms with E-state index >= 15 is 0 Å². The maximum absolute atomic E-state index is 4.54. The van der Waals surface area contributed by atoms with Crippen LogP contribution in [-0.2, 0) is 7.05 Å². The van der Waals surface area contributed by atoms with Gasteiger partial charge in [-0.25, -0.2) is 0 Å². The molecule has 19 heavy (non-hydrogen) atoms. The minimum absolute atomic E-state index is 0.714. The first kappa shape index (κ1) is 11.8. The summed E-state index contributed by atoms with van der Waals surface area (Å²) in [5.41, 5.74) is 3.74. The van der Waals surface area contributed by atoms with Crippen molar-refractivity contribution in [2.45, 2.75) is 52.0 Å². The second-order valence-corrected chi connectivity index (χ2v) is 7.07. The zero-order valence-corrected chi connectivity index (χ0v) is 12.3. The number of rotatable bonds is 2. The third-order valence-electron chi connectivity index (χ3n) is 6.27. The number of aryl methyl sites for hydroxylation is 2. The Bertz CT molecular complexity index is 504. The molecule has 5 unspecified atom stereocenters. The molecule has 3 fully saturated rings. The van der Waals surface area contributed by atoms with Crippen molar-refractivity contribution in [2.24, 2.45) is 30.7 Å². The van der Waals surface area contributed by atoms with E-state index in [2.05, 4.69) is 24.3 Å². The van der Waals surface area contributed by atoms with Crippen LogP contribution in [-0.4, -0.2) is 15.8 Å². The summed E-state index contributed by atoms with van der Waals surface area (Å²) in [7, 11) is 2.04. The van der Waals surface area contributed by atoms with E-state index in [9.17, 15) is 0 Å². The Kier molecular flexibility index (Phi) is 2.49. The standard InChI is InChI=1S/C16H25N3/c1-9-16(10(2)19(3)18-9)17-15-8-11-7-14(15)13-6-4-5-12(11)13/h11-15,17H,4-8H2,1-3H3. The number of aromatic nitrogens is 2. The lowest BCUT2D eigenvalue weighted by Gasteiger charge is -2.32. The number of nitrogens with one attached hydrogen (secondary N) is 1. The van der Waals surface area contributed by atoms with Gasteiger partial charge in [-0.3, -0.25) is 4.68 Å². The Morgan fingerprint density at radius 3 is 2.63 bits per heavy atom. The van der Waals surface area contributed by atoms with E-state index < -0.39 is 0 Å². The van der Waals surface area contributed by atoms with Crippen LogP contribution in [0.25, 0.3) is 0 Å². The molecule has 5 atom stereocenters. The van der Waals surface area contributed by atoms with Gasteiger partial charge in [0.2, 0.25) is 0 Å². The highest BCUT2D eigenvalue weighted by Crippen LogP contribution is 2.59. The van der Waals surface area contributed by atoms with Gasteiger partial charge < -0.3 is 5.32 Å². The third-order valence-corrected chi connectivity index (χ3v) is 6.27. The Balaban J connectivity index is 1.56. The van der Waals surface area contributed by atoms with Crippen molar-refractivity contribution in [3.8, 4) is 0 Å². The van der Waals surface area contributed by atoms with Crippen LogP contribution in [0, 0.1) is 37.5 Å². The van der Waals surface area contributed by atoms with Crippen LogP contribution in [0.5, 0.6) is 0 Å². The summed E-state index contributed by atoms with van der Waals surface area (Å²) in [5.74, 6) is 4.08. The van der Waals surface area contributed by atoms with Gasteiger partial charge in [0.25, 0.3) is 0 Å². The summed E-state index contributed by atoms with van der Waals surface area (Å²) in [4.78, 5) is 0. The van der Waals surface area contributed by atoms with Gasteiger partial charge in [0.1, 0.15) is 0 Å². The molecule has 1 heterocycles. The van der Waals surface area contributed by atoms with E-state index in [0.29, 0.717) is 6.04 Å². The fourth-order valence-corrected chi connectivity index (χ4v) is 5.40. The van der Waals surface area contributed by atoms with Crippen molar-refractivity contribution in [1.82, 2.24) is 9.78 Å². The molecule has 0 saturated heterocycles. The van der Waals surface area contributed by atoms with Crippen LogP contribution in [0.1, 0.15) is 43.5 Å². The lowest BCUT2D eigenvalue weighted by Crippen LogP contribution is -2.34. The normalized spacial score (nSPS) is 39.8. The number of anilines is 1. The van der Waals surface area contributed by atoms with Crippen molar-refractivity contribution in [1.29, 1.82) is 0 Å². The zero-order valence-electron chi connectivity index (χ0n) is 12.3. The van der Waals surface area contributed by atoms with Gasteiger partial charge in [-0.2, -0.15) is 5.10 Å². The van der Waals surface area contributed by atoms with Crippen LogP contribution in [0.4, 0.5) is 5.69 Å². The van der Waals surface area contributed by atoms with Crippen molar-refractivity contribution < 1.29 is 0 Å². The quantitative estimate of drug-likeness (QED) is 0.883. The zero-order chi connectivity index (χ0) is 13.1. The van der Waals surface area contributed by atoms with E-state index in [0.717, 1.165) is 29.4 Å². The molecule has 3 heteroatoms. The van der Waals surface area contributed by atoms with E-state index in [1.807, 2.05) is 11.7 Å². The van der Waals surface area contributed by atoms with Gasteiger partial charge in [-0.1, -0.05) is 6.42 Å². The second-order valence-electron chi connectivity index (χ2n) is 7.07. The van der Waals surface area contributed by atoms with E-state index in [-0.39, 0.29) is 0 Å².